The first-order valence-corrected chi connectivity index (χ1v) is 10.9. The lowest BCUT2D eigenvalue weighted by Crippen LogP contribution is -2.43. The van der Waals surface area contributed by atoms with Crippen molar-refractivity contribution in [2.75, 3.05) is 6.61 Å². The van der Waals surface area contributed by atoms with Gasteiger partial charge in [-0.3, -0.25) is 14.4 Å². The van der Waals surface area contributed by atoms with Crippen molar-refractivity contribution in [3.63, 3.8) is 0 Å². The monoisotopic (exact) mass is 408 g/mol. The summed E-state index contributed by atoms with van der Waals surface area (Å²) in [4.78, 5) is 37.8. The molecule has 0 radical (unpaired) electrons. The average molecular weight is 409 g/mol. The molecule has 6 unspecified atom stereocenters. The molecule has 3 aliphatic rings. The third-order valence-corrected chi connectivity index (χ3v) is 6.95. The molecule has 1 aliphatic heterocycles. The van der Waals surface area contributed by atoms with Crippen LogP contribution in [0.25, 0.3) is 0 Å². The van der Waals surface area contributed by atoms with Gasteiger partial charge in [0.15, 0.2) is 0 Å². The summed E-state index contributed by atoms with van der Waals surface area (Å²) < 4.78 is 17.0. The molecule has 0 spiro atoms. The van der Waals surface area contributed by atoms with Crippen LogP contribution in [0.15, 0.2) is 0 Å². The molecular weight excluding hydrogens is 372 g/mol. The molecule has 3 rings (SSSR count). The SMILES string of the molecule is CCC(C)(CC(C)(C)C(=O)OCC(C)(C)C)C(=O)OC1C2CC3C(=O)OC1C3C2. The number of ether oxygens (including phenoxy) is 3. The predicted molar refractivity (Wildman–Crippen MR) is 107 cm³/mol. The molecule has 1 heterocycles. The quantitative estimate of drug-likeness (QED) is 0.470. The molecule has 0 amide bonds. The maximum absolute atomic E-state index is 13.2. The van der Waals surface area contributed by atoms with E-state index in [1.165, 1.54) is 0 Å². The van der Waals surface area contributed by atoms with Crippen LogP contribution < -0.4 is 0 Å². The molecule has 2 bridgehead atoms. The first-order valence-electron chi connectivity index (χ1n) is 10.9. The minimum absolute atomic E-state index is 0.00553. The van der Waals surface area contributed by atoms with Crippen LogP contribution in [0.4, 0.5) is 0 Å². The zero-order chi connectivity index (χ0) is 21.8. The average Bonchev–Trinajstić information content (AvgIpc) is 3.23. The standard InChI is InChI=1S/C23H36O6/c1-8-23(7,11-22(5,6)19(25)27-12-21(2,3)4)20(26)29-16-13-9-14-15(10-13)18(24)28-17(14)16/h13-17H,8-12H2,1-7H3. The Hall–Kier alpha value is -1.59. The van der Waals surface area contributed by atoms with Gasteiger partial charge in [0.05, 0.1) is 23.4 Å². The van der Waals surface area contributed by atoms with E-state index in [9.17, 15) is 14.4 Å². The molecule has 2 saturated carbocycles. The topological polar surface area (TPSA) is 78.9 Å². The fraction of sp³-hybridized carbons (Fsp3) is 0.870. The first-order chi connectivity index (χ1) is 13.3. The summed E-state index contributed by atoms with van der Waals surface area (Å²) >= 11 is 0. The number of hydrogen-bond donors (Lipinski definition) is 0. The van der Waals surface area contributed by atoms with Crippen LogP contribution in [0.1, 0.15) is 74.1 Å². The molecule has 6 heteroatoms. The summed E-state index contributed by atoms with van der Waals surface area (Å²) in [6.45, 7) is 13.8. The minimum atomic E-state index is -0.811. The Morgan fingerprint density at radius 3 is 2.31 bits per heavy atom. The number of rotatable bonds is 7. The van der Waals surface area contributed by atoms with E-state index in [0.29, 0.717) is 19.4 Å². The summed E-state index contributed by atoms with van der Waals surface area (Å²) in [6.07, 6.45) is 1.90. The molecule has 3 fully saturated rings. The Balaban J connectivity index is 1.65. The number of esters is 3. The van der Waals surface area contributed by atoms with E-state index in [-0.39, 0.29) is 53.3 Å². The highest BCUT2D eigenvalue weighted by Crippen LogP contribution is 2.56. The molecule has 2 aliphatic carbocycles. The Kier molecular flexibility index (Phi) is 5.55. The normalized spacial score (nSPS) is 32.7. The largest absolute Gasteiger partial charge is 0.465 e. The molecule has 0 aromatic rings. The molecule has 29 heavy (non-hydrogen) atoms. The second-order valence-corrected chi connectivity index (χ2v) is 11.4. The van der Waals surface area contributed by atoms with Crippen molar-refractivity contribution in [3.8, 4) is 0 Å². The maximum Gasteiger partial charge on any atom is 0.312 e. The highest BCUT2D eigenvalue weighted by molar-refractivity contribution is 5.81. The molecule has 0 N–H and O–H groups in total. The molecule has 1 saturated heterocycles. The highest BCUT2D eigenvalue weighted by atomic mass is 16.6. The van der Waals surface area contributed by atoms with E-state index in [4.69, 9.17) is 14.2 Å². The molecule has 164 valence electrons. The summed E-state index contributed by atoms with van der Waals surface area (Å²) in [7, 11) is 0. The Morgan fingerprint density at radius 1 is 1.07 bits per heavy atom. The van der Waals surface area contributed by atoms with E-state index in [1.807, 2.05) is 48.5 Å². The van der Waals surface area contributed by atoms with Crippen molar-refractivity contribution >= 4 is 17.9 Å². The zero-order valence-corrected chi connectivity index (χ0v) is 18.9. The molecular formula is C23H36O6. The summed E-state index contributed by atoms with van der Waals surface area (Å²) in [5, 5.41) is 0. The second-order valence-electron chi connectivity index (χ2n) is 11.4. The Bertz CT molecular complexity index is 690. The van der Waals surface area contributed by atoms with Gasteiger partial charge < -0.3 is 14.2 Å². The van der Waals surface area contributed by atoms with Crippen LogP contribution in [-0.2, 0) is 28.6 Å². The van der Waals surface area contributed by atoms with Crippen LogP contribution in [0, 0.1) is 34.0 Å². The summed E-state index contributed by atoms with van der Waals surface area (Å²) in [5.74, 6) is -0.351. The lowest BCUT2D eigenvalue weighted by atomic mass is 9.72. The van der Waals surface area contributed by atoms with Crippen LogP contribution >= 0.6 is 0 Å². The molecule has 0 aromatic heterocycles. The van der Waals surface area contributed by atoms with Gasteiger partial charge >= 0.3 is 17.9 Å². The van der Waals surface area contributed by atoms with E-state index >= 15 is 0 Å². The van der Waals surface area contributed by atoms with Gasteiger partial charge in [-0.1, -0.05) is 27.7 Å². The van der Waals surface area contributed by atoms with Gasteiger partial charge in [-0.15, -0.1) is 0 Å². The van der Waals surface area contributed by atoms with Crippen LogP contribution in [-0.4, -0.2) is 36.7 Å². The lowest BCUT2D eigenvalue weighted by Gasteiger charge is -2.36. The summed E-state index contributed by atoms with van der Waals surface area (Å²) in [5.41, 5.74) is -1.74. The van der Waals surface area contributed by atoms with Crippen molar-refractivity contribution in [2.24, 2.45) is 34.0 Å². The Labute approximate surface area is 174 Å². The van der Waals surface area contributed by atoms with E-state index in [2.05, 4.69) is 0 Å². The fourth-order valence-electron chi connectivity index (χ4n) is 5.20. The highest BCUT2D eigenvalue weighted by Gasteiger charge is 2.63. The van der Waals surface area contributed by atoms with Gasteiger partial charge in [-0.2, -0.15) is 0 Å². The Morgan fingerprint density at radius 2 is 1.72 bits per heavy atom. The van der Waals surface area contributed by atoms with Gasteiger partial charge in [0, 0.05) is 11.8 Å². The van der Waals surface area contributed by atoms with E-state index in [1.54, 1.807) is 0 Å². The van der Waals surface area contributed by atoms with E-state index < -0.39 is 10.8 Å². The molecule has 6 nitrogen and oxygen atoms in total. The van der Waals surface area contributed by atoms with E-state index in [0.717, 1.165) is 12.8 Å². The number of fused-ring (bicyclic) bond motifs is 1. The van der Waals surface area contributed by atoms with Crippen molar-refractivity contribution in [2.45, 2.75) is 86.4 Å². The van der Waals surface area contributed by atoms with Crippen molar-refractivity contribution in [1.29, 1.82) is 0 Å². The van der Waals surface area contributed by atoms with Gasteiger partial charge in [-0.25, -0.2) is 0 Å². The van der Waals surface area contributed by atoms with Crippen molar-refractivity contribution < 1.29 is 28.6 Å². The minimum Gasteiger partial charge on any atom is -0.465 e. The lowest BCUT2D eigenvalue weighted by molar-refractivity contribution is -0.175. The second kappa shape index (κ2) is 7.28. The van der Waals surface area contributed by atoms with Crippen LogP contribution in [0.2, 0.25) is 0 Å². The van der Waals surface area contributed by atoms with Gasteiger partial charge in [0.25, 0.3) is 0 Å². The maximum atomic E-state index is 13.2. The van der Waals surface area contributed by atoms with Crippen molar-refractivity contribution in [1.82, 2.24) is 0 Å². The van der Waals surface area contributed by atoms with Gasteiger partial charge in [0.2, 0.25) is 0 Å². The third kappa shape index (κ3) is 4.17. The number of carbonyl (C=O) groups is 3. The number of hydrogen-bond acceptors (Lipinski definition) is 6. The third-order valence-electron chi connectivity index (χ3n) is 6.95. The van der Waals surface area contributed by atoms with Crippen LogP contribution in [0.3, 0.4) is 0 Å². The molecule has 6 atom stereocenters. The smallest absolute Gasteiger partial charge is 0.312 e. The van der Waals surface area contributed by atoms with Gasteiger partial charge in [0.1, 0.15) is 12.2 Å². The zero-order valence-electron chi connectivity index (χ0n) is 18.9. The summed E-state index contributed by atoms with van der Waals surface area (Å²) in [6, 6.07) is 0. The van der Waals surface area contributed by atoms with Gasteiger partial charge in [-0.05, 0) is 51.9 Å². The van der Waals surface area contributed by atoms with Crippen LogP contribution in [0.5, 0.6) is 0 Å². The number of carbonyl (C=O) groups excluding carboxylic acids is 3. The predicted octanol–water partition coefficient (Wildman–Crippen LogP) is 3.90. The fourth-order valence-corrected chi connectivity index (χ4v) is 5.20. The first kappa shape index (κ1) is 22.1. The molecule has 0 aromatic carbocycles. The van der Waals surface area contributed by atoms with Crippen molar-refractivity contribution in [3.05, 3.63) is 0 Å².